The maximum atomic E-state index is 12.9. The van der Waals surface area contributed by atoms with E-state index in [-0.39, 0.29) is 11.9 Å². The van der Waals surface area contributed by atoms with Crippen molar-refractivity contribution in [2.24, 2.45) is 0 Å². The number of halogens is 1. The van der Waals surface area contributed by atoms with Gasteiger partial charge in [-0.2, -0.15) is 4.98 Å². The smallest absolute Gasteiger partial charge is 0.244 e. The van der Waals surface area contributed by atoms with Crippen LogP contribution in [0.5, 0.6) is 0 Å². The summed E-state index contributed by atoms with van der Waals surface area (Å²) in [6, 6.07) is 6.57. The highest BCUT2D eigenvalue weighted by Gasteiger charge is 2.30. The Morgan fingerprint density at radius 3 is 2.91 bits per heavy atom. The summed E-state index contributed by atoms with van der Waals surface area (Å²) in [6.45, 7) is 7.90. The van der Waals surface area contributed by atoms with Crippen LogP contribution in [-0.4, -0.2) is 28.1 Å². The number of rotatable bonds is 5. The molecule has 1 aromatic heterocycles. The van der Waals surface area contributed by atoms with Gasteiger partial charge in [0.2, 0.25) is 5.89 Å². The molecule has 116 valence electrons. The summed E-state index contributed by atoms with van der Waals surface area (Å²) in [7, 11) is 0. The molecule has 1 saturated heterocycles. The van der Waals surface area contributed by atoms with Crippen molar-refractivity contribution >= 4 is 0 Å². The van der Waals surface area contributed by atoms with Crippen molar-refractivity contribution in [3.8, 4) is 0 Å². The Balaban J connectivity index is 1.70. The Kier molecular flexibility index (Phi) is 4.34. The predicted octanol–water partition coefficient (Wildman–Crippen LogP) is 3.51. The van der Waals surface area contributed by atoms with Crippen LogP contribution in [0.3, 0.4) is 0 Å². The Labute approximate surface area is 129 Å². The van der Waals surface area contributed by atoms with Gasteiger partial charge in [0.25, 0.3) is 0 Å². The van der Waals surface area contributed by atoms with Crippen molar-refractivity contribution in [3.63, 3.8) is 0 Å². The van der Waals surface area contributed by atoms with E-state index in [4.69, 9.17) is 4.52 Å². The lowest BCUT2D eigenvalue weighted by atomic mass is 10.1. The number of likely N-dealkylation sites (tertiary alicyclic amines) is 1. The third kappa shape index (κ3) is 3.42. The number of hydrogen-bond acceptors (Lipinski definition) is 4. The molecule has 4 nitrogen and oxygen atoms in total. The summed E-state index contributed by atoms with van der Waals surface area (Å²) in [6.07, 6.45) is 2.72. The summed E-state index contributed by atoms with van der Waals surface area (Å²) in [4.78, 5) is 6.86. The van der Waals surface area contributed by atoms with E-state index in [1.165, 1.54) is 12.1 Å². The van der Waals surface area contributed by atoms with Crippen LogP contribution in [0.2, 0.25) is 0 Å². The topological polar surface area (TPSA) is 42.2 Å². The molecule has 2 aromatic rings. The Bertz CT molecular complexity index is 650. The third-order valence-corrected chi connectivity index (χ3v) is 3.88. The molecule has 5 heteroatoms. The van der Waals surface area contributed by atoms with E-state index in [2.05, 4.69) is 21.6 Å². The minimum atomic E-state index is -0.237. The van der Waals surface area contributed by atoms with Crippen LogP contribution in [0.25, 0.3) is 0 Å². The molecular formula is C17H20FN3O. The van der Waals surface area contributed by atoms with E-state index in [0.717, 1.165) is 37.1 Å². The quantitative estimate of drug-likeness (QED) is 0.793. The van der Waals surface area contributed by atoms with Gasteiger partial charge in [0, 0.05) is 13.0 Å². The lowest BCUT2D eigenvalue weighted by molar-refractivity contribution is 0.222. The molecule has 22 heavy (non-hydrogen) atoms. The molecular weight excluding hydrogens is 281 g/mol. The second-order valence-electron chi connectivity index (χ2n) is 5.94. The second kappa shape index (κ2) is 6.40. The molecule has 0 unspecified atom stereocenters. The van der Waals surface area contributed by atoms with Gasteiger partial charge in [-0.25, -0.2) is 4.39 Å². The predicted molar refractivity (Wildman–Crippen MR) is 81.9 cm³/mol. The van der Waals surface area contributed by atoms with Gasteiger partial charge in [-0.15, -0.1) is 0 Å². The number of nitrogens with zero attached hydrogens (tertiary/aromatic N) is 3. The lowest BCUT2D eigenvalue weighted by Crippen LogP contribution is -2.25. The van der Waals surface area contributed by atoms with E-state index in [1.54, 1.807) is 12.1 Å². The van der Waals surface area contributed by atoms with Crippen LogP contribution >= 0.6 is 0 Å². The summed E-state index contributed by atoms with van der Waals surface area (Å²) >= 11 is 0. The van der Waals surface area contributed by atoms with Gasteiger partial charge in [-0.1, -0.05) is 29.4 Å². The van der Waals surface area contributed by atoms with Gasteiger partial charge < -0.3 is 4.52 Å². The first kappa shape index (κ1) is 14.9. The van der Waals surface area contributed by atoms with Crippen LogP contribution in [0, 0.1) is 5.82 Å². The highest BCUT2D eigenvalue weighted by atomic mass is 19.1. The van der Waals surface area contributed by atoms with Crippen LogP contribution in [0.15, 0.2) is 40.9 Å². The monoisotopic (exact) mass is 301 g/mol. The van der Waals surface area contributed by atoms with Crippen LogP contribution in [0.4, 0.5) is 4.39 Å². The van der Waals surface area contributed by atoms with Crippen molar-refractivity contribution in [2.45, 2.75) is 32.2 Å². The van der Waals surface area contributed by atoms with Gasteiger partial charge >= 0.3 is 0 Å². The first-order chi connectivity index (χ1) is 10.6. The highest BCUT2D eigenvalue weighted by molar-refractivity contribution is 5.19. The highest BCUT2D eigenvalue weighted by Crippen LogP contribution is 2.31. The molecule has 0 spiro atoms. The molecule has 0 radical (unpaired) electrons. The standard InChI is InChI=1S/C17H20FN3O/c1-12(2)11-21-9-3-4-15(21)17-19-16(20-22-17)10-13-5-7-14(18)8-6-13/h5-8,15H,1,3-4,9-11H2,2H3/t15-/m0/s1. The molecule has 0 amide bonds. The van der Waals surface area contributed by atoms with Crippen LogP contribution in [0.1, 0.15) is 43.1 Å². The average Bonchev–Trinajstić information content (AvgIpc) is 3.10. The molecule has 0 N–H and O–H groups in total. The van der Waals surface area contributed by atoms with Crippen molar-refractivity contribution in [2.75, 3.05) is 13.1 Å². The molecule has 1 fully saturated rings. The first-order valence-electron chi connectivity index (χ1n) is 7.57. The number of hydrogen-bond donors (Lipinski definition) is 0. The minimum Gasteiger partial charge on any atom is -0.338 e. The summed E-state index contributed by atoms with van der Waals surface area (Å²) < 4.78 is 18.4. The van der Waals surface area contributed by atoms with Gasteiger partial charge in [0.1, 0.15) is 5.82 Å². The average molecular weight is 301 g/mol. The van der Waals surface area contributed by atoms with E-state index < -0.39 is 0 Å². The zero-order valence-electron chi connectivity index (χ0n) is 12.8. The second-order valence-corrected chi connectivity index (χ2v) is 5.94. The normalized spacial score (nSPS) is 18.7. The van der Waals surface area contributed by atoms with E-state index >= 15 is 0 Å². The molecule has 0 bridgehead atoms. The molecule has 1 atom stereocenters. The Morgan fingerprint density at radius 2 is 2.18 bits per heavy atom. The van der Waals surface area contributed by atoms with Crippen molar-refractivity contribution < 1.29 is 8.91 Å². The largest absolute Gasteiger partial charge is 0.338 e. The fourth-order valence-corrected chi connectivity index (χ4v) is 2.90. The van der Waals surface area contributed by atoms with Crippen molar-refractivity contribution in [1.82, 2.24) is 15.0 Å². The Morgan fingerprint density at radius 1 is 1.41 bits per heavy atom. The van der Waals surface area contributed by atoms with Gasteiger partial charge in [-0.05, 0) is 44.0 Å². The summed E-state index contributed by atoms with van der Waals surface area (Å²) in [5.41, 5.74) is 2.11. The Hall–Kier alpha value is -2.01. The van der Waals surface area contributed by atoms with Crippen LogP contribution < -0.4 is 0 Å². The maximum absolute atomic E-state index is 12.9. The summed E-state index contributed by atoms with van der Waals surface area (Å²) in [5.74, 6) is 1.08. The van der Waals surface area contributed by atoms with Crippen molar-refractivity contribution in [1.29, 1.82) is 0 Å². The zero-order valence-corrected chi connectivity index (χ0v) is 12.8. The number of benzene rings is 1. The SMILES string of the molecule is C=C(C)CN1CCC[C@H]1c1nc(Cc2ccc(F)cc2)no1. The molecule has 2 heterocycles. The summed E-state index contributed by atoms with van der Waals surface area (Å²) in [5, 5.41) is 4.06. The maximum Gasteiger partial charge on any atom is 0.244 e. The zero-order chi connectivity index (χ0) is 15.5. The van der Waals surface area contributed by atoms with Crippen LogP contribution in [-0.2, 0) is 6.42 Å². The lowest BCUT2D eigenvalue weighted by Gasteiger charge is -2.21. The molecule has 1 aromatic carbocycles. The van der Waals surface area contributed by atoms with E-state index in [0.29, 0.717) is 18.1 Å². The third-order valence-electron chi connectivity index (χ3n) is 3.88. The molecule has 0 saturated carbocycles. The minimum absolute atomic E-state index is 0.186. The fourth-order valence-electron chi connectivity index (χ4n) is 2.90. The fraction of sp³-hybridized carbons (Fsp3) is 0.412. The number of aromatic nitrogens is 2. The molecule has 1 aliphatic rings. The molecule has 3 rings (SSSR count). The van der Waals surface area contributed by atoms with Gasteiger partial charge in [-0.3, -0.25) is 4.90 Å². The first-order valence-corrected chi connectivity index (χ1v) is 7.57. The van der Waals surface area contributed by atoms with Gasteiger partial charge in [0.05, 0.1) is 6.04 Å². The molecule has 1 aliphatic heterocycles. The van der Waals surface area contributed by atoms with Gasteiger partial charge in [0.15, 0.2) is 5.82 Å². The molecule has 0 aliphatic carbocycles. The van der Waals surface area contributed by atoms with E-state index in [9.17, 15) is 4.39 Å². The van der Waals surface area contributed by atoms with E-state index in [1.807, 2.05) is 6.92 Å². The van der Waals surface area contributed by atoms with Crippen molar-refractivity contribution in [3.05, 3.63) is 59.5 Å².